The Hall–Kier alpha value is -3.38. The van der Waals surface area contributed by atoms with E-state index in [9.17, 15) is 14.4 Å². The molecule has 2 heterocycles. The van der Waals surface area contributed by atoms with Crippen LogP contribution in [0.15, 0.2) is 58.3 Å². The van der Waals surface area contributed by atoms with E-state index in [1.807, 2.05) is 0 Å². The van der Waals surface area contributed by atoms with Crippen LogP contribution in [0.5, 0.6) is 0 Å². The summed E-state index contributed by atoms with van der Waals surface area (Å²) in [6.45, 7) is 5.74. The Kier molecular flexibility index (Phi) is 4.95. The van der Waals surface area contributed by atoms with Crippen molar-refractivity contribution in [2.75, 3.05) is 13.7 Å². The molecule has 4 rings (SSSR count). The number of carbonyl (C=O) groups excluding carboxylic acids is 2. The summed E-state index contributed by atoms with van der Waals surface area (Å²) in [6, 6.07) is 9.14. The number of halogens is 1. The third-order valence-corrected chi connectivity index (χ3v) is 5.63. The van der Waals surface area contributed by atoms with E-state index in [0.29, 0.717) is 27.1 Å². The molecule has 0 spiro atoms. The van der Waals surface area contributed by atoms with Crippen LogP contribution in [0.25, 0.3) is 11.0 Å². The van der Waals surface area contributed by atoms with Crippen molar-refractivity contribution in [1.29, 1.82) is 0 Å². The minimum atomic E-state index is -0.669. The Morgan fingerprint density at radius 2 is 1.97 bits per heavy atom. The van der Waals surface area contributed by atoms with Crippen LogP contribution in [-0.2, 0) is 4.74 Å². The topological polar surface area (TPSA) is 76.8 Å². The Bertz CT molecular complexity index is 1260. The van der Waals surface area contributed by atoms with Gasteiger partial charge in [-0.25, -0.2) is 4.79 Å². The van der Waals surface area contributed by atoms with Gasteiger partial charge in [-0.15, -0.1) is 6.58 Å². The van der Waals surface area contributed by atoms with Gasteiger partial charge in [-0.1, -0.05) is 29.8 Å². The number of aryl methyl sites for hydroxylation is 1. The van der Waals surface area contributed by atoms with E-state index < -0.39 is 17.9 Å². The molecule has 0 saturated carbocycles. The number of hydrogen-bond donors (Lipinski definition) is 0. The highest BCUT2D eigenvalue weighted by Gasteiger charge is 2.42. The molecule has 2 aromatic carbocycles. The molecule has 0 bridgehead atoms. The van der Waals surface area contributed by atoms with Crippen molar-refractivity contribution in [3.8, 4) is 0 Å². The van der Waals surface area contributed by atoms with Gasteiger partial charge in [0, 0.05) is 11.6 Å². The normalized spacial score (nSPS) is 15.4. The van der Waals surface area contributed by atoms with Gasteiger partial charge in [-0.3, -0.25) is 9.59 Å². The lowest BCUT2D eigenvalue weighted by Crippen LogP contribution is -2.29. The van der Waals surface area contributed by atoms with Gasteiger partial charge >= 0.3 is 5.97 Å². The fourth-order valence-electron chi connectivity index (χ4n) is 3.73. The van der Waals surface area contributed by atoms with Gasteiger partial charge < -0.3 is 14.1 Å². The molecule has 0 aliphatic carbocycles. The van der Waals surface area contributed by atoms with E-state index in [1.54, 1.807) is 49.4 Å². The van der Waals surface area contributed by atoms with Crippen molar-refractivity contribution >= 4 is 34.4 Å². The number of methoxy groups -OCH3 is 1. The van der Waals surface area contributed by atoms with Crippen molar-refractivity contribution in [2.24, 2.45) is 0 Å². The summed E-state index contributed by atoms with van der Waals surface area (Å²) in [5, 5.41) is 0.759. The number of hydrogen-bond acceptors (Lipinski definition) is 5. The van der Waals surface area contributed by atoms with Gasteiger partial charge in [0.15, 0.2) is 5.43 Å². The van der Waals surface area contributed by atoms with Crippen LogP contribution >= 0.6 is 11.6 Å². The molecule has 7 heteroatoms. The molecule has 6 nitrogen and oxygen atoms in total. The van der Waals surface area contributed by atoms with Crippen LogP contribution in [0, 0.1) is 6.92 Å². The second-order valence-electron chi connectivity index (χ2n) is 7.03. The van der Waals surface area contributed by atoms with Gasteiger partial charge in [0.1, 0.15) is 5.58 Å². The monoisotopic (exact) mass is 423 g/mol. The molecule has 1 aliphatic rings. The number of rotatable bonds is 4. The minimum Gasteiger partial charge on any atom is -0.465 e. The van der Waals surface area contributed by atoms with E-state index in [4.69, 9.17) is 20.8 Å². The Morgan fingerprint density at radius 1 is 1.27 bits per heavy atom. The molecule has 1 aromatic heterocycles. The summed E-state index contributed by atoms with van der Waals surface area (Å²) in [4.78, 5) is 39.7. The predicted molar refractivity (Wildman–Crippen MR) is 113 cm³/mol. The molecular formula is C23H18ClNO5. The van der Waals surface area contributed by atoms with Crippen LogP contribution in [0.2, 0.25) is 5.02 Å². The average Bonchev–Trinajstić information content (AvgIpc) is 3.02. The zero-order chi connectivity index (χ0) is 21.6. The maximum atomic E-state index is 13.4. The standard InChI is InChI=1S/C23H18ClNO5/c1-4-9-25-19(13-5-7-14(8-6-13)23(28)29-3)18-20(26)15-11-16(24)12(2)10-17(15)30-21(18)22(25)27/h4-8,10-11,19H,1,9H2,2-3H3. The molecule has 1 amide bonds. The Balaban J connectivity index is 1.95. The third-order valence-electron chi connectivity index (χ3n) is 5.22. The van der Waals surface area contributed by atoms with E-state index >= 15 is 0 Å². The molecule has 0 fully saturated rings. The van der Waals surface area contributed by atoms with E-state index in [2.05, 4.69) is 6.58 Å². The zero-order valence-electron chi connectivity index (χ0n) is 16.4. The number of nitrogens with zero attached hydrogens (tertiary/aromatic N) is 1. The Morgan fingerprint density at radius 3 is 2.60 bits per heavy atom. The molecular weight excluding hydrogens is 406 g/mol. The summed E-state index contributed by atoms with van der Waals surface area (Å²) in [5.41, 5.74) is 2.04. The van der Waals surface area contributed by atoms with Crippen LogP contribution in [0.4, 0.5) is 0 Å². The molecule has 0 saturated heterocycles. The molecule has 1 aliphatic heterocycles. The quantitative estimate of drug-likeness (QED) is 0.462. The summed E-state index contributed by atoms with van der Waals surface area (Å²) < 4.78 is 10.6. The highest BCUT2D eigenvalue weighted by atomic mass is 35.5. The number of benzene rings is 2. The molecule has 1 unspecified atom stereocenters. The molecule has 1 atom stereocenters. The maximum Gasteiger partial charge on any atom is 0.337 e. The maximum absolute atomic E-state index is 13.4. The zero-order valence-corrected chi connectivity index (χ0v) is 17.2. The van der Waals surface area contributed by atoms with Crippen LogP contribution in [0.3, 0.4) is 0 Å². The Labute approximate surface area is 177 Å². The van der Waals surface area contributed by atoms with E-state index in [0.717, 1.165) is 5.56 Å². The van der Waals surface area contributed by atoms with Gasteiger partial charge in [0.2, 0.25) is 5.76 Å². The predicted octanol–water partition coefficient (Wildman–Crippen LogP) is 4.27. The molecule has 30 heavy (non-hydrogen) atoms. The smallest absolute Gasteiger partial charge is 0.337 e. The summed E-state index contributed by atoms with van der Waals surface area (Å²) in [5.74, 6) is -0.848. The molecule has 152 valence electrons. The first-order valence-corrected chi connectivity index (χ1v) is 9.62. The molecule has 0 radical (unpaired) electrons. The highest BCUT2D eigenvalue weighted by molar-refractivity contribution is 6.32. The van der Waals surface area contributed by atoms with Crippen LogP contribution in [0.1, 0.15) is 43.6 Å². The number of carbonyl (C=O) groups is 2. The van der Waals surface area contributed by atoms with Crippen molar-refractivity contribution in [2.45, 2.75) is 13.0 Å². The number of esters is 1. The average molecular weight is 424 g/mol. The van der Waals surface area contributed by atoms with Crippen LogP contribution < -0.4 is 5.43 Å². The van der Waals surface area contributed by atoms with Crippen molar-refractivity contribution in [1.82, 2.24) is 4.90 Å². The van der Waals surface area contributed by atoms with Gasteiger partial charge in [-0.2, -0.15) is 0 Å². The first kappa shape index (κ1) is 19.9. The van der Waals surface area contributed by atoms with Gasteiger partial charge in [0.25, 0.3) is 5.91 Å². The first-order valence-electron chi connectivity index (χ1n) is 9.24. The SMILES string of the molecule is C=CCN1C(=O)c2oc3cc(C)c(Cl)cc3c(=O)c2C1c1ccc(C(=O)OC)cc1. The second kappa shape index (κ2) is 7.46. The van der Waals surface area contributed by atoms with Gasteiger partial charge in [0.05, 0.1) is 29.7 Å². The first-order chi connectivity index (χ1) is 14.4. The summed E-state index contributed by atoms with van der Waals surface area (Å²) in [6.07, 6.45) is 1.59. The fraction of sp³-hybridized carbons (Fsp3) is 0.174. The van der Waals surface area contributed by atoms with Crippen molar-refractivity contribution < 1.29 is 18.7 Å². The third kappa shape index (κ3) is 3.00. The van der Waals surface area contributed by atoms with E-state index in [1.165, 1.54) is 12.0 Å². The van der Waals surface area contributed by atoms with Crippen molar-refractivity contribution in [3.05, 3.63) is 92.3 Å². The lowest BCUT2D eigenvalue weighted by Gasteiger charge is -2.23. The number of fused-ring (bicyclic) bond motifs is 2. The minimum absolute atomic E-state index is 0.0121. The second-order valence-corrected chi connectivity index (χ2v) is 7.44. The van der Waals surface area contributed by atoms with Crippen LogP contribution in [-0.4, -0.2) is 30.4 Å². The number of ether oxygens (including phenoxy) is 1. The number of amides is 1. The largest absolute Gasteiger partial charge is 0.465 e. The fourth-order valence-corrected chi connectivity index (χ4v) is 3.90. The molecule has 3 aromatic rings. The highest BCUT2D eigenvalue weighted by Crippen LogP contribution is 2.38. The lowest BCUT2D eigenvalue weighted by atomic mass is 9.97. The molecule has 0 N–H and O–H groups in total. The van der Waals surface area contributed by atoms with Crippen molar-refractivity contribution in [3.63, 3.8) is 0 Å². The summed E-state index contributed by atoms with van der Waals surface area (Å²) in [7, 11) is 1.30. The van der Waals surface area contributed by atoms with E-state index in [-0.39, 0.29) is 23.3 Å². The summed E-state index contributed by atoms with van der Waals surface area (Å²) >= 11 is 6.22. The van der Waals surface area contributed by atoms with Gasteiger partial charge in [-0.05, 0) is 42.3 Å². The lowest BCUT2D eigenvalue weighted by molar-refractivity contribution is 0.0600.